The summed E-state index contributed by atoms with van der Waals surface area (Å²) in [7, 11) is 0. The number of piperidine rings is 1. The number of rotatable bonds is 4. The van der Waals surface area contributed by atoms with Crippen molar-refractivity contribution in [2.75, 3.05) is 18.4 Å². The van der Waals surface area contributed by atoms with Crippen molar-refractivity contribution in [2.24, 2.45) is 0 Å². The second kappa shape index (κ2) is 8.59. The standard InChI is InChI=1S/C23H23BrFN3O/c1-15-21(27-23(29)19-7-6-18(24)12-20(19)25)8-5-17-11-16(13-26-22(15)17)14-28-9-3-2-4-10-28/h5-8,11-13H,2-4,9-10,14H2,1H3,(H,27,29). The number of carbonyl (C=O) groups excluding carboxylic acids is 1. The van der Waals surface area contributed by atoms with Gasteiger partial charge in [-0.05, 0) is 74.3 Å². The number of halogens is 2. The van der Waals surface area contributed by atoms with Crippen LogP contribution in [0.1, 0.15) is 40.7 Å². The summed E-state index contributed by atoms with van der Waals surface area (Å²) < 4.78 is 14.7. The zero-order valence-corrected chi connectivity index (χ0v) is 17.9. The van der Waals surface area contributed by atoms with E-state index < -0.39 is 11.7 Å². The Morgan fingerprint density at radius 3 is 2.72 bits per heavy atom. The molecule has 6 heteroatoms. The second-order valence-electron chi connectivity index (χ2n) is 7.57. The highest BCUT2D eigenvalue weighted by Crippen LogP contribution is 2.26. The first-order valence-electron chi connectivity index (χ1n) is 9.88. The Labute approximate surface area is 178 Å². The minimum atomic E-state index is -0.559. The number of likely N-dealkylation sites (tertiary alicyclic amines) is 1. The van der Waals surface area contributed by atoms with Crippen LogP contribution in [0.4, 0.5) is 10.1 Å². The normalized spacial score (nSPS) is 14.9. The number of hydrogen-bond donors (Lipinski definition) is 1. The summed E-state index contributed by atoms with van der Waals surface area (Å²) in [5, 5.41) is 3.86. The molecule has 29 heavy (non-hydrogen) atoms. The van der Waals surface area contributed by atoms with Gasteiger partial charge in [0.25, 0.3) is 5.91 Å². The number of nitrogens with zero attached hydrogens (tertiary/aromatic N) is 2. The van der Waals surface area contributed by atoms with Crippen molar-refractivity contribution >= 4 is 38.4 Å². The summed E-state index contributed by atoms with van der Waals surface area (Å²) in [6, 6.07) is 10.4. The number of fused-ring (bicyclic) bond motifs is 1. The Morgan fingerprint density at radius 1 is 1.17 bits per heavy atom. The average molecular weight is 456 g/mol. The Kier molecular flexibility index (Phi) is 5.92. The van der Waals surface area contributed by atoms with E-state index in [1.807, 2.05) is 25.3 Å². The van der Waals surface area contributed by atoms with Gasteiger partial charge in [-0.1, -0.05) is 28.4 Å². The van der Waals surface area contributed by atoms with Crippen LogP contribution in [0.3, 0.4) is 0 Å². The number of anilines is 1. The molecule has 4 rings (SSSR count). The molecule has 150 valence electrons. The van der Waals surface area contributed by atoms with Crippen LogP contribution >= 0.6 is 15.9 Å². The third kappa shape index (κ3) is 4.49. The third-order valence-electron chi connectivity index (χ3n) is 5.44. The molecule has 4 nitrogen and oxygen atoms in total. The molecule has 0 unspecified atom stereocenters. The predicted octanol–water partition coefficient (Wildman–Crippen LogP) is 5.68. The lowest BCUT2D eigenvalue weighted by Crippen LogP contribution is -2.29. The molecule has 0 radical (unpaired) electrons. The first kappa shape index (κ1) is 20.0. The molecule has 3 aromatic rings. The number of amides is 1. The van der Waals surface area contributed by atoms with E-state index in [9.17, 15) is 9.18 Å². The lowest BCUT2D eigenvalue weighted by atomic mass is 10.1. The summed E-state index contributed by atoms with van der Waals surface area (Å²) in [4.78, 5) is 19.6. The fourth-order valence-electron chi connectivity index (χ4n) is 3.85. The lowest BCUT2D eigenvalue weighted by Gasteiger charge is -2.26. The van der Waals surface area contributed by atoms with Gasteiger partial charge in [-0.2, -0.15) is 0 Å². The fourth-order valence-corrected chi connectivity index (χ4v) is 4.19. The van der Waals surface area contributed by atoms with Crippen molar-refractivity contribution in [3.05, 3.63) is 69.6 Å². The van der Waals surface area contributed by atoms with Gasteiger partial charge in [0.2, 0.25) is 0 Å². The van der Waals surface area contributed by atoms with Gasteiger partial charge in [-0.3, -0.25) is 14.7 Å². The minimum Gasteiger partial charge on any atom is -0.322 e. The predicted molar refractivity (Wildman–Crippen MR) is 118 cm³/mol. The average Bonchev–Trinajstić information content (AvgIpc) is 2.71. The molecule has 1 aliphatic heterocycles. The van der Waals surface area contributed by atoms with E-state index in [4.69, 9.17) is 0 Å². The number of hydrogen-bond acceptors (Lipinski definition) is 3. The van der Waals surface area contributed by atoms with Gasteiger partial charge in [0.15, 0.2) is 0 Å². The molecule has 0 atom stereocenters. The van der Waals surface area contributed by atoms with E-state index in [1.54, 1.807) is 6.07 Å². The van der Waals surface area contributed by atoms with Crippen molar-refractivity contribution < 1.29 is 9.18 Å². The molecule has 0 saturated carbocycles. The fraction of sp³-hybridized carbons (Fsp3) is 0.304. The molecule has 2 aromatic carbocycles. The topological polar surface area (TPSA) is 45.2 Å². The summed E-state index contributed by atoms with van der Waals surface area (Å²) in [6.45, 7) is 5.14. The number of nitrogens with one attached hydrogen (secondary N) is 1. The number of carbonyl (C=O) groups is 1. The SMILES string of the molecule is Cc1c(NC(=O)c2ccc(Br)cc2F)ccc2cc(CN3CCCCC3)cnc12. The smallest absolute Gasteiger partial charge is 0.258 e. The zero-order valence-electron chi connectivity index (χ0n) is 16.3. The molecule has 0 aliphatic carbocycles. The maximum atomic E-state index is 14.1. The Hall–Kier alpha value is -2.31. The Morgan fingerprint density at radius 2 is 1.97 bits per heavy atom. The van der Waals surface area contributed by atoms with Crippen molar-refractivity contribution in [2.45, 2.75) is 32.7 Å². The minimum absolute atomic E-state index is 0.0116. The molecule has 1 amide bonds. The summed E-state index contributed by atoms with van der Waals surface area (Å²) >= 11 is 3.20. The monoisotopic (exact) mass is 455 g/mol. The number of benzene rings is 2. The maximum Gasteiger partial charge on any atom is 0.258 e. The number of aromatic nitrogens is 1. The highest BCUT2D eigenvalue weighted by atomic mass is 79.9. The third-order valence-corrected chi connectivity index (χ3v) is 5.93. The van der Waals surface area contributed by atoms with Gasteiger partial charge in [-0.25, -0.2) is 4.39 Å². The molecular formula is C23H23BrFN3O. The van der Waals surface area contributed by atoms with Crippen LogP contribution in [-0.2, 0) is 6.54 Å². The molecule has 1 aliphatic rings. The van der Waals surface area contributed by atoms with Crippen LogP contribution in [-0.4, -0.2) is 28.9 Å². The highest BCUT2D eigenvalue weighted by Gasteiger charge is 2.15. The van der Waals surface area contributed by atoms with Gasteiger partial charge in [0, 0.05) is 28.3 Å². The van der Waals surface area contributed by atoms with Crippen molar-refractivity contribution in [1.29, 1.82) is 0 Å². The molecular weight excluding hydrogens is 433 g/mol. The Balaban J connectivity index is 1.55. The van der Waals surface area contributed by atoms with Gasteiger partial charge in [-0.15, -0.1) is 0 Å². The van der Waals surface area contributed by atoms with Crippen LogP contribution in [0.5, 0.6) is 0 Å². The Bertz CT molecular complexity index is 1060. The van der Waals surface area contributed by atoms with E-state index >= 15 is 0 Å². The van der Waals surface area contributed by atoms with E-state index in [0.29, 0.717) is 10.2 Å². The zero-order chi connectivity index (χ0) is 20.4. The van der Waals surface area contributed by atoms with Crippen LogP contribution in [0.2, 0.25) is 0 Å². The van der Waals surface area contributed by atoms with Crippen molar-refractivity contribution in [1.82, 2.24) is 9.88 Å². The van der Waals surface area contributed by atoms with Crippen LogP contribution < -0.4 is 5.32 Å². The van der Waals surface area contributed by atoms with E-state index in [1.165, 1.54) is 37.0 Å². The van der Waals surface area contributed by atoms with Crippen LogP contribution in [0.25, 0.3) is 10.9 Å². The largest absolute Gasteiger partial charge is 0.322 e. The quantitative estimate of drug-likeness (QED) is 0.549. The molecule has 0 bridgehead atoms. The molecule has 0 spiro atoms. The van der Waals surface area contributed by atoms with E-state index in [2.05, 4.69) is 37.2 Å². The number of aryl methyl sites for hydroxylation is 1. The first-order valence-corrected chi connectivity index (χ1v) is 10.7. The van der Waals surface area contributed by atoms with E-state index in [0.717, 1.165) is 36.1 Å². The molecule has 1 saturated heterocycles. The van der Waals surface area contributed by atoms with Gasteiger partial charge in [0.1, 0.15) is 5.82 Å². The summed E-state index contributed by atoms with van der Waals surface area (Å²) in [6.07, 6.45) is 5.78. The van der Waals surface area contributed by atoms with Gasteiger partial charge >= 0.3 is 0 Å². The van der Waals surface area contributed by atoms with Crippen molar-refractivity contribution in [3.63, 3.8) is 0 Å². The second-order valence-corrected chi connectivity index (χ2v) is 8.48. The first-order chi connectivity index (χ1) is 14.0. The van der Waals surface area contributed by atoms with Gasteiger partial charge < -0.3 is 5.32 Å². The molecule has 1 N–H and O–H groups in total. The number of pyridine rings is 1. The molecule has 1 aromatic heterocycles. The van der Waals surface area contributed by atoms with Crippen LogP contribution in [0.15, 0.2) is 47.1 Å². The molecule has 1 fully saturated rings. The van der Waals surface area contributed by atoms with E-state index in [-0.39, 0.29) is 5.56 Å². The molecule has 2 heterocycles. The summed E-state index contributed by atoms with van der Waals surface area (Å²) in [5.74, 6) is -1.03. The summed E-state index contributed by atoms with van der Waals surface area (Å²) in [5.41, 5.74) is 3.57. The van der Waals surface area contributed by atoms with Gasteiger partial charge in [0.05, 0.1) is 11.1 Å². The highest BCUT2D eigenvalue weighted by molar-refractivity contribution is 9.10. The maximum absolute atomic E-state index is 14.1. The van der Waals surface area contributed by atoms with Crippen LogP contribution in [0, 0.1) is 12.7 Å². The van der Waals surface area contributed by atoms with Crippen molar-refractivity contribution in [3.8, 4) is 0 Å². The lowest BCUT2D eigenvalue weighted by molar-refractivity contribution is 0.102.